The summed E-state index contributed by atoms with van der Waals surface area (Å²) in [7, 11) is 0. The maximum absolute atomic E-state index is 12.2. The molecule has 92 valence electrons. The molecule has 1 amide bonds. The zero-order valence-corrected chi connectivity index (χ0v) is 10.5. The number of nitrogens with one attached hydrogen (secondary N) is 1. The smallest absolute Gasteiger partial charge is 0.241 e. The van der Waals surface area contributed by atoms with Crippen molar-refractivity contribution >= 4 is 5.91 Å². The molecule has 1 saturated heterocycles. The van der Waals surface area contributed by atoms with Crippen molar-refractivity contribution in [1.29, 1.82) is 0 Å². The highest BCUT2D eigenvalue weighted by molar-refractivity contribution is 5.84. The summed E-state index contributed by atoms with van der Waals surface area (Å²) in [5, 5.41) is 3.35. The lowest BCUT2D eigenvalue weighted by Crippen LogP contribution is -2.39. The summed E-state index contributed by atoms with van der Waals surface area (Å²) in [4.78, 5) is 14.3. The van der Waals surface area contributed by atoms with Gasteiger partial charge in [0.15, 0.2) is 0 Å². The molecule has 2 rings (SSSR count). The number of amides is 1. The highest BCUT2D eigenvalue weighted by Gasteiger charge is 2.36. The number of nitrogens with zero attached hydrogens (tertiary/aromatic N) is 1. The van der Waals surface area contributed by atoms with Crippen molar-refractivity contribution < 1.29 is 4.79 Å². The van der Waals surface area contributed by atoms with Gasteiger partial charge in [0.2, 0.25) is 5.91 Å². The third-order valence-corrected chi connectivity index (χ3v) is 3.96. The van der Waals surface area contributed by atoms with E-state index in [0.717, 1.165) is 6.67 Å². The maximum atomic E-state index is 12.2. The Labute approximate surface area is 98.6 Å². The first-order valence-electron chi connectivity index (χ1n) is 6.74. The minimum Gasteiger partial charge on any atom is -0.326 e. The summed E-state index contributed by atoms with van der Waals surface area (Å²) in [5.41, 5.74) is 0. The molecule has 0 spiro atoms. The first-order chi connectivity index (χ1) is 7.70. The van der Waals surface area contributed by atoms with Crippen molar-refractivity contribution in [3.8, 4) is 0 Å². The van der Waals surface area contributed by atoms with Gasteiger partial charge < -0.3 is 4.90 Å². The van der Waals surface area contributed by atoms with Crippen molar-refractivity contribution in [2.45, 2.75) is 64.5 Å². The lowest BCUT2D eigenvalue weighted by atomic mass is 10.0. The number of hydrogen-bond acceptors (Lipinski definition) is 2. The fourth-order valence-electron chi connectivity index (χ4n) is 2.94. The summed E-state index contributed by atoms with van der Waals surface area (Å²) < 4.78 is 0. The van der Waals surface area contributed by atoms with E-state index < -0.39 is 0 Å². The van der Waals surface area contributed by atoms with Gasteiger partial charge in [-0.2, -0.15) is 0 Å². The average Bonchev–Trinajstić information content (AvgIpc) is 2.50. The van der Waals surface area contributed by atoms with Crippen LogP contribution in [0.2, 0.25) is 0 Å². The molecular formula is C13H24N2O. The number of carbonyl (C=O) groups is 1. The zero-order valence-electron chi connectivity index (χ0n) is 10.5. The Morgan fingerprint density at radius 2 is 1.81 bits per heavy atom. The predicted octanol–water partition coefficient (Wildman–Crippen LogP) is 2.12. The van der Waals surface area contributed by atoms with E-state index in [2.05, 4.69) is 24.1 Å². The van der Waals surface area contributed by atoms with E-state index in [1.54, 1.807) is 0 Å². The number of carbonyl (C=O) groups excluding carboxylic acids is 1. The Morgan fingerprint density at radius 3 is 2.31 bits per heavy atom. The van der Waals surface area contributed by atoms with Gasteiger partial charge >= 0.3 is 0 Å². The molecule has 3 nitrogen and oxygen atoms in total. The van der Waals surface area contributed by atoms with Crippen molar-refractivity contribution in [3.63, 3.8) is 0 Å². The summed E-state index contributed by atoms with van der Waals surface area (Å²) in [6.45, 7) is 5.00. The van der Waals surface area contributed by atoms with Gasteiger partial charge in [0, 0.05) is 6.04 Å². The van der Waals surface area contributed by atoms with Crippen LogP contribution in [0.4, 0.5) is 0 Å². The summed E-state index contributed by atoms with van der Waals surface area (Å²) in [6, 6.07) is 0.564. The van der Waals surface area contributed by atoms with E-state index in [0.29, 0.717) is 17.9 Å². The standard InChI is InChI=1S/C13H24N2O/c1-10(2)12-13(16)15(9-14-12)11-7-5-3-4-6-8-11/h10-12,14H,3-9H2,1-2H3. The van der Waals surface area contributed by atoms with Crippen LogP contribution in [0.1, 0.15) is 52.4 Å². The number of rotatable bonds is 2. The molecule has 0 aromatic rings. The van der Waals surface area contributed by atoms with Crippen LogP contribution in [0.3, 0.4) is 0 Å². The van der Waals surface area contributed by atoms with Gasteiger partial charge in [-0.25, -0.2) is 0 Å². The van der Waals surface area contributed by atoms with E-state index in [1.165, 1.54) is 38.5 Å². The Morgan fingerprint density at radius 1 is 1.19 bits per heavy atom. The lowest BCUT2D eigenvalue weighted by Gasteiger charge is -2.26. The van der Waals surface area contributed by atoms with Gasteiger partial charge in [-0.1, -0.05) is 39.5 Å². The number of hydrogen-bond donors (Lipinski definition) is 1. The molecule has 1 N–H and O–H groups in total. The average molecular weight is 224 g/mol. The monoisotopic (exact) mass is 224 g/mol. The fourth-order valence-corrected chi connectivity index (χ4v) is 2.94. The van der Waals surface area contributed by atoms with Crippen LogP contribution in [0, 0.1) is 5.92 Å². The van der Waals surface area contributed by atoms with E-state index >= 15 is 0 Å². The molecule has 2 aliphatic rings. The van der Waals surface area contributed by atoms with Crippen molar-refractivity contribution in [3.05, 3.63) is 0 Å². The Bertz CT molecular complexity index is 244. The first kappa shape index (κ1) is 11.9. The molecule has 0 radical (unpaired) electrons. The lowest BCUT2D eigenvalue weighted by molar-refractivity contribution is -0.131. The van der Waals surface area contributed by atoms with E-state index in [4.69, 9.17) is 0 Å². The second-order valence-electron chi connectivity index (χ2n) is 5.54. The van der Waals surface area contributed by atoms with Gasteiger partial charge in [0.1, 0.15) is 0 Å². The Kier molecular flexibility index (Phi) is 3.85. The van der Waals surface area contributed by atoms with Gasteiger partial charge in [0.05, 0.1) is 12.7 Å². The normalized spacial score (nSPS) is 28.8. The molecule has 1 aliphatic carbocycles. The van der Waals surface area contributed by atoms with E-state index in [9.17, 15) is 4.79 Å². The first-order valence-corrected chi connectivity index (χ1v) is 6.74. The van der Waals surface area contributed by atoms with Crippen molar-refractivity contribution in [1.82, 2.24) is 10.2 Å². The molecule has 0 bridgehead atoms. The van der Waals surface area contributed by atoms with Gasteiger partial charge in [0.25, 0.3) is 0 Å². The van der Waals surface area contributed by atoms with Crippen LogP contribution in [0.15, 0.2) is 0 Å². The highest BCUT2D eigenvalue weighted by atomic mass is 16.2. The predicted molar refractivity (Wildman–Crippen MR) is 65.0 cm³/mol. The van der Waals surface area contributed by atoms with Crippen molar-refractivity contribution in [2.24, 2.45) is 5.92 Å². The Hall–Kier alpha value is -0.570. The summed E-state index contributed by atoms with van der Waals surface area (Å²) in [6.07, 6.45) is 7.69. The topological polar surface area (TPSA) is 32.3 Å². The second-order valence-corrected chi connectivity index (χ2v) is 5.54. The molecular weight excluding hydrogens is 200 g/mol. The largest absolute Gasteiger partial charge is 0.326 e. The fraction of sp³-hybridized carbons (Fsp3) is 0.923. The molecule has 0 aromatic carbocycles. The Balaban J connectivity index is 1.97. The van der Waals surface area contributed by atoms with Crippen molar-refractivity contribution in [2.75, 3.05) is 6.67 Å². The SMILES string of the molecule is CC(C)C1NCN(C2CCCCCC2)C1=O. The molecule has 3 heteroatoms. The quantitative estimate of drug-likeness (QED) is 0.729. The molecule has 1 unspecified atom stereocenters. The van der Waals surface area contributed by atoms with E-state index in [1.807, 2.05) is 0 Å². The molecule has 16 heavy (non-hydrogen) atoms. The van der Waals surface area contributed by atoms with Crippen LogP contribution in [-0.4, -0.2) is 29.6 Å². The van der Waals surface area contributed by atoms with Crippen LogP contribution in [0.5, 0.6) is 0 Å². The van der Waals surface area contributed by atoms with E-state index in [-0.39, 0.29) is 6.04 Å². The van der Waals surface area contributed by atoms with Gasteiger partial charge in [-0.3, -0.25) is 10.1 Å². The third-order valence-electron chi connectivity index (χ3n) is 3.96. The second kappa shape index (κ2) is 5.17. The highest BCUT2D eigenvalue weighted by Crippen LogP contribution is 2.25. The van der Waals surface area contributed by atoms with Crippen LogP contribution >= 0.6 is 0 Å². The molecule has 1 heterocycles. The summed E-state index contributed by atoms with van der Waals surface area (Å²) in [5.74, 6) is 0.741. The molecule has 1 saturated carbocycles. The molecule has 1 atom stereocenters. The third kappa shape index (κ3) is 2.40. The van der Waals surface area contributed by atoms with Crippen LogP contribution < -0.4 is 5.32 Å². The van der Waals surface area contributed by atoms with Crippen LogP contribution in [0.25, 0.3) is 0 Å². The molecule has 0 aromatic heterocycles. The minimum absolute atomic E-state index is 0.0586. The summed E-state index contributed by atoms with van der Waals surface area (Å²) >= 11 is 0. The molecule has 1 aliphatic heterocycles. The van der Waals surface area contributed by atoms with Gasteiger partial charge in [-0.05, 0) is 18.8 Å². The maximum Gasteiger partial charge on any atom is 0.241 e. The minimum atomic E-state index is 0.0586. The van der Waals surface area contributed by atoms with Crippen LogP contribution in [-0.2, 0) is 4.79 Å². The zero-order chi connectivity index (χ0) is 11.5. The molecule has 2 fully saturated rings. The van der Waals surface area contributed by atoms with Gasteiger partial charge in [-0.15, -0.1) is 0 Å².